The summed E-state index contributed by atoms with van der Waals surface area (Å²) < 4.78 is 31.6. The lowest BCUT2D eigenvalue weighted by Crippen LogP contribution is -2.46. The van der Waals surface area contributed by atoms with Crippen molar-refractivity contribution in [2.45, 2.75) is 13.1 Å². The predicted octanol–water partition coefficient (Wildman–Crippen LogP) is -0.498. The van der Waals surface area contributed by atoms with Crippen LogP contribution in [0, 0.1) is 0 Å². The number of guanidine groups is 2. The van der Waals surface area contributed by atoms with E-state index in [0.29, 0.717) is 13.1 Å². The summed E-state index contributed by atoms with van der Waals surface area (Å²) in [5, 5.41) is 0. The number of nitrogens with two attached hydrogens (primary N) is 4. The fraction of sp³-hybridized carbons (Fsp3) is 0.500. The summed E-state index contributed by atoms with van der Waals surface area (Å²) in [4.78, 5) is 17.9. The molecule has 0 amide bonds. The number of hydrogen-bond donors (Lipinski definition) is 6. The summed E-state index contributed by atoms with van der Waals surface area (Å²) in [6, 6.07) is 21.3. The second-order valence-electron chi connectivity index (χ2n) is 10.3. The Balaban J connectivity index is 0.000000260. The van der Waals surface area contributed by atoms with Gasteiger partial charge in [-0.15, -0.1) is 0 Å². The zero-order valence-corrected chi connectivity index (χ0v) is 25.6. The zero-order chi connectivity index (χ0) is 31.5. The Morgan fingerprint density at radius 1 is 0.581 bits per heavy atom. The van der Waals surface area contributed by atoms with Crippen molar-refractivity contribution < 1.29 is 17.5 Å². The minimum Gasteiger partial charge on any atom is -0.370 e. The van der Waals surface area contributed by atoms with Crippen LogP contribution in [0.15, 0.2) is 70.6 Å². The van der Waals surface area contributed by atoms with Crippen molar-refractivity contribution in [1.29, 1.82) is 0 Å². The summed E-state index contributed by atoms with van der Waals surface area (Å²) >= 11 is 0. The quantitative estimate of drug-likeness (QED) is 0.113. The van der Waals surface area contributed by atoms with E-state index in [2.05, 4.69) is 90.2 Å². The summed E-state index contributed by atoms with van der Waals surface area (Å²) in [5.41, 5.74) is 24.0. The predicted molar refractivity (Wildman–Crippen MR) is 172 cm³/mol. The molecule has 10 N–H and O–H groups in total. The van der Waals surface area contributed by atoms with Crippen molar-refractivity contribution in [3.63, 3.8) is 0 Å². The Morgan fingerprint density at radius 2 is 0.860 bits per heavy atom. The Bertz CT molecular complexity index is 1090. The van der Waals surface area contributed by atoms with E-state index in [4.69, 9.17) is 40.5 Å². The Morgan fingerprint density at radius 3 is 1.14 bits per heavy atom. The average molecular weight is 621 g/mol. The van der Waals surface area contributed by atoms with Crippen molar-refractivity contribution in [1.82, 2.24) is 19.6 Å². The molecule has 0 spiro atoms. The molecule has 2 aromatic carbocycles. The van der Waals surface area contributed by atoms with Crippen molar-refractivity contribution in [2.24, 2.45) is 32.9 Å². The largest absolute Gasteiger partial charge is 0.394 e. The van der Waals surface area contributed by atoms with Crippen LogP contribution in [0.5, 0.6) is 0 Å². The van der Waals surface area contributed by atoms with Gasteiger partial charge in [-0.25, -0.2) is 0 Å². The van der Waals surface area contributed by atoms with Gasteiger partial charge in [0.05, 0.1) is 13.1 Å². The molecule has 0 bridgehead atoms. The molecule has 43 heavy (non-hydrogen) atoms. The van der Waals surface area contributed by atoms with E-state index in [1.165, 1.54) is 11.1 Å². The SMILES string of the molecule is NC(N)=NCCN1CCN(Cc2ccccc2)CC1.NC(N)=NCCN1CCN(Cc2ccccc2)CC1.O=S(=O)(O)O. The van der Waals surface area contributed by atoms with E-state index in [1.54, 1.807) is 0 Å². The Labute approximate surface area is 255 Å². The van der Waals surface area contributed by atoms with Crippen molar-refractivity contribution in [3.05, 3.63) is 71.8 Å². The lowest BCUT2D eigenvalue weighted by atomic mass is 10.2. The number of benzene rings is 2. The van der Waals surface area contributed by atoms with Crippen LogP contribution >= 0.6 is 0 Å². The molecule has 0 unspecified atom stereocenters. The van der Waals surface area contributed by atoms with Gasteiger partial charge in [0, 0.05) is 78.5 Å². The van der Waals surface area contributed by atoms with Crippen LogP contribution in [0.3, 0.4) is 0 Å². The molecule has 0 radical (unpaired) electrons. The molecule has 0 aliphatic carbocycles. The third-order valence-electron chi connectivity index (χ3n) is 6.85. The number of rotatable bonds is 10. The van der Waals surface area contributed by atoms with Crippen LogP contribution in [0.25, 0.3) is 0 Å². The summed E-state index contributed by atoms with van der Waals surface area (Å²) in [6.07, 6.45) is 0. The molecule has 2 aliphatic rings. The van der Waals surface area contributed by atoms with Crippen molar-refractivity contribution in [3.8, 4) is 0 Å². The van der Waals surface area contributed by atoms with Gasteiger partial charge in [0.15, 0.2) is 11.9 Å². The molecule has 2 heterocycles. The molecule has 0 saturated carbocycles. The van der Waals surface area contributed by atoms with E-state index >= 15 is 0 Å². The van der Waals surface area contributed by atoms with Crippen LogP contribution in [-0.4, -0.2) is 128 Å². The van der Waals surface area contributed by atoms with Crippen LogP contribution in [-0.2, 0) is 23.5 Å². The highest BCUT2D eigenvalue weighted by Gasteiger charge is 2.17. The topological polar surface area (TPSA) is 216 Å². The Hall–Kier alpha value is -3.31. The van der Waals surface area contributed by atoms with E-state index in [-0.39, 0.29) is 11.9 Å². The van der Waals surface area contributed by atoms with E-state index in [9.17, 15) is 0 Å². The van der Waals surface area contributed by atoms with E-state index < -0.39 is 10.4 Å². The molecule has 2 saturated heterocycles. The minimum atomic E-state index is -4.67. The Kier molecular flexibility index (Phi) is 16.5. The van der Waals surface area contributed by atoms with Gasteiger partial charge in [0.25, 0.3) is 0 Å². The van der Waals surface area contributed by atoms with Crippen molar-refractivity contribution in [2.75, 3.05) is 78.5 Å². The van der Waals surface area contributed by atoms with Gasteiger partial charge in [-0.2, -0.15) is 8.42 Å². The molecule has 2 aromatic rings. The van der Waals surface area contributed by atoms with Gasteiger partial charge in [0.2, 0.25) is 0 Å². The van der Waals surface area contributed by atoms with Crippen LogP contribution < -0.4 is 22.9 Å². The number of nitrogens with zero attached hydrogens (tertiary/aromatic N) is 6. The van der Waals surface area contributed by atoms with Crippen LogP contribution in [0.2, 0.25) is 0 Å². The molecule has 4 rings (SSSR count). The summed E-state index contributed by atoms with van der Waals surface area (Å²) in [5.74, 6) is 0.366. The van der Waals surface area contributed by atoms with Gasteiger partial charge in [-0.1, -0.05) is 60.7 Å². The highest BCUT2D eigenvalue weighted by atomic mass is 32.3. The lowest BCUT2D eigenvalue weighted by Gasteiger charge is -2.34. The maximum atomic E-state index is 8.74. The molecule has 0 atom stereocenters. The van der Waals surface area contributed by atoms with E-state index in [1.807, 2.05) is 0 Å². The molecule has 2 aliphatic heterocycles. The second kappa shape index (κ2) is 19.8. The summed E-state index contributed by atoms with van der Waals surface area (Å²) in [7, 11) is -4.67. The zero-order valence-electron chi connectivity index (χ0n) is 24.8. The average Bonchev–Trinajstić information content (AvgIpc) is 2.95. The number of hydrogen-bond acceptors (Lipinski definition) is 8. The lowest BCUT2D eigenvalue weighted by molar-refractivity contribution is 0.130. The highest BCUT2D eigenvalue weighted by Crippen LogP contribution is 2.09. The first-order chi connectivity index (χ1) is 20.5. The molecule has 14 nitrogen and oxygen atoms in total. The fourth-order valence-electron chi connectivity index (χ4n) is 4.67. The smallest absolute Gasteiger partial charge is 0.370 e. The maximum Gasteiger partial charge on any atom is 0.394 e. The van der Waals surface area contributed by atoms with Crippen LogP contribution in [0.1, 0.15) is 11.1 Å². The van der Waals surface area contributed by atoms with Gasteiger partial charge >= 0.3 is 10.4 Å². The molecule has 2 fully saturated rings. The molecule has 0 aromatic heterocycles. The standard InChI is InChI=1S/2C14H23N5.H2O4S/c2*15-14(16)17-6-7-18-8-10-19(11-9-18)12-13-4-2-1-3-5-13;1-5(2,3)4/h2*1-5H,6-12H2,(H4,15,16,17);(H2,1,2,3,4). The number of piperazine rings is 2. The van der Waals surface area contributed by atoms with Gasteiger partial charge in [0.1, 0.15) is 0 Å². The fourth-order valence-corrected chi connectivity index (χ4v) is 4.67. The first kappa shape index (κ1) is 35.9. The first-order valence-electron chi connectivity index (χ1n) is 14.3. The molecule has 240 valence electrons. The van der Waals surface area contributed by atoms with Gasteiger partial charge < -0.3 is 22.9 Å². The van der Waals surface area contributed by atoms with Gasteiger partial charge in [-0.3, -0.25) is 38.7 Å². The minimum absolute atomic E-state index is 0.183. The van der Waals surface area contributed by atoms with Crippen LogP contribution in [0.4, 0.5) is 0 Å². The van der Waals surface area contributed by atoms with Gasteiger partial charge in [-0.05, 0) is 11.1 Å². The second-order valence-corrected chi connectivity index (χ2v) is 11.2. The third-order valence-corrected chi connectivity index (χ3v) is 6.85. The number of aliphatic imine (C=N–C) groups is 2. The normalized spacial score (nSPS) is 16.6. The van der Waals surface area contributed by atoms with Crippen molar-refractivity contribution >= 4 is 22.3 Å². The third kappa shape index (κ3) is 18.8. The maximum absolute atomic E-state index is 8.74. The summed E-state index contributed by atoms with van der Waals surface area (Å²) in [6.45, 7) is 14.2. The highest BCUT2D eigenvalue weighted by molar-refractivity contribution is 7.79. The molecular formula is C28H48N10O4S. The monoisotopic (exact) mass is 620 g/mol. The molecule has 15 heteroatoms. The van der Waals surface area contributed by atoms with E-state index in [0.717, 1.165) is 78.5 Å². The molecular weight excluding hydrogens is 572 g/mol. The first-order valence-corrected chi connectivity index (χ1v) is 15.7.